The van der Waals surface area contributed by atoms with Gasteiger partial charge >= 0.3 is 0 Å². The van der Waals surface area contributed by atoms with E-state index in [1.165, 1.54) is 6.26 Å². The molecular formula is C14H20N4O3S2. The van der Waals surface area contributed by atoms with E-state index < -0.39 is 10.0 Å². The van der Waals surface area contributed by atoms with Crippen LogP contribution in [-0.2, 0) is 10.0 Å². The van der Waals surface area contributed by atoms with Gasteiger partial charge in [0.1, 0.15) is 0 Å². The first kappa shape index (κ1) is 16.6. The highest BCUT2D eigenvalue weighted by Gasteiger charge is 2.27. The van der Waals surface area contributed by atoms with Crippen molar-refractivity contribution in [2.45, 2.75) is 31.8 Å². The second-order valence-corrected chi connectivity index (χ2v) is 8.53. The van der Waals surface area contributed by atoms with Crippen molar-refractivity contribution in [3.05, 3.63) is 23.4 Å². The number of hydrogen-bond acceptors (Lipinski definition) is 7. The van der Waals surface area contributed by atoms with E-state index in [4.69, 9.17) is 4.42 Å². The summed E-state index contributed by atoms with van der Waals surface area (Å²) in [6, 6.07) is 3.94. The van der Waals surface area contributed by atoms with Crippen molar-refractivity contribution in [2.75, 3.05) is 19.3 Å². The first-order chi connectivity index (χ1) is 10.9. The fraction of sp³-hybridized carbons (Fsp3) is 0.571. The Balaban J connectivity index is 1.60. The van der Waals surface area contributed by atoms with Gasteiger partial charge in [0.05, 0.1) is 17.2 Å². The van der Waals surface area contributed by atoms with Crippen molar-refractivity contribution in [2.24, 2.45) is 0 Å². The highest BCUT2D eigenvalue weighted by Crippen LogP contribution is 2.28. The number of piperidine rings is 1. The van der Waals surface area contributed by atoms with Gasteiger partial charge in [-0.2, -0.15) is 0 Å². The molecule has 9 heteroatoms. The van der Waals surface area contributed by atoms with Gasteiger partial charge in [0.2, 0.25) is 15.9 Å². The second-order valence-electron chi connectivity index (χ2n) is 5.80. The Hall–Kier alpha value is -1.29. The predicted molar refractivity (Wildman–Crippen MR) is 88.6 cm³/mol. The number of sulfonamides is 1. The molecule has 126 valence electrons. The van der Waals surface area contributed by atoms with Gasteiger partial charge in [0.15, 0.2) is 0 Å². The van der Waals surface area contributed by atoms with Gasteiger partial charge in [-0.1, -0.05) is 6.07 Å². The van der Waals surface area contributed by atoms with E-state index in [1.807, 2.05) is 24.4 Å². The highest BCUT2D eigenvalue weighted by atomic mass is 32.2. The summed E-state index contributed by atoms with van der Waals surface area (Å²) in [4.78, 5) is 3.21. The minimum absolute atomic E-state index is 0.0119. The van der Waals surface area contributed by atoms with Crippen molar-refractivity contribution in [1.82, 2.24) is 19.8 Å². The normalized spacial score (nSPS) is 19.0. The standard InChI is InChI=1S/C14H20N4O3S2/c1-10(13-15-16-14(21-13)12-4-3-9-22-12)18-7-5-11(6-8-18)17-23(2,19)20/h3-4,9-11,17H,5-8H2,1-2H3. The van der Waals surface area contributed by atoms with Crippen LogP contribution in [0.2, 0.25) is 0 Å². The second kappa shape index (κ2) is 6.68. The lowest BCUT2D eigenvalue weighted by Gasteiger charge is -2.34. The molecule has 0 radical (unpaired) electrons. The Labute approximate surface area is 139 Å². The number of nitrogens with one attached hydrogen (secondary N) is 1. The Morgan fingerprint density at radius 2 is 2.13 bits per heavy atom. The van der Waals surface area contributed by atoms with Gasteiger partial charge in [0, 0.05) is 19.1 Å². The molecule has 0 saturated carbocycles. The molecular weight excluding hydrogens is 336 g/mol. The molecule has 0 aliphatic carbocycles. The molecule has 2 aromatic rings. The molecule has 1 saturated heterocycles. The summed E-state index contributed by atoms with van der Waals surface area (Å²) in [5.41, 5.74) is 0. The molecule has 1 atom stereocenters. The summed E-state index contributed by atoms with van der Waals surface area (Å²) in [5, 5.41) is 10.3. The van der Waals surface area contributed by atoms with Gasteiger partial charge in [-0.3, -0.25) is 4.90 Å². The van der Waals surface area contributed by atoms with Crippen LogP contribution >= 0.6 is 11.3 Å². The molecule has 0 aromatic carbocycles. The van der Waals surface area contributed by atoms with Crippen molar-refractivity contribution in [3.8, 4) is 10.8 Å². The maximum Gasteiger partial charge on any atom is 0.257 e. The minimum atomic E-state index is -3.14. The summed E-state index contributed by atoms with van der Waals surface area (Å²) in [6.07, 6.45) is 2.76. The summed E-state index contributed by atoms with van der Waals surface area (Å²) in [7, 11) is -3.14. The lowest BCUT2D eigenvalue weighted by molar-refractivity contribution is 0.140. The summed E-state index contributed by atoms with van der Waals surface area (Å²) < 4.78 is 31.1. The summed E-state index contributed by atoms with van der Waals surface area (Å²) >= 11 is 1.57. The summed E-state index contributed by atoms with van der Waals surface area (Å²) in [6.45, 7) is 3.63. The molecule has 3 rings (SSSR count). The molecule has 0 bridgehead atoms. The third-order valence-electron chi connectivity index (χ3n) is 3.99. The van der Waals surface area contributed by atoms with E-state index in [9.17, 15) is 8.42 Å². The zero-order valence-corrected chi connectivity index (χ0v) is 14.7. The molecule has 0 spiro atoms. The summed E-state index contributed by atoms with van der Waals surface area (Å²) in [5.74, 6) is 1.15. The number of likely N-dealkylation sites (tertiary alicyclic amines) is 1. The predicted octanol–water partition coefficient (Wildman–Crippen LogP) is 1.87. The van der Waals surface area contributed by atoms with Crippen LogP contribution in [0.1, 0.15) is 31.7 Å². The molecule has 1 aliphatic heterocycles. The third-order valence-corrected chi connectivity index (χ3v) is 5.61. The Morgan fingerprint density at radius 3 is 2.74 bits per heavy atom. The van der Waals surface area contributed by atoms with Crippen molar-refractivity contribution >= 4 is 21.4 Å². The van der Waals surface area contributed by atoms with Crippen LogP contribution in [0.3, 0.4) is 0 Å². The number of rotatable bonds is 5. The van der Waals surface area contributed by atoms with Gasteiger partial charge in [-0.25, -0.2) is 13.1 Å². The van der Waals surface area contributed by atoms with Gasteiger partial charge < -0.3 is 4.42 Å². The SMILES string of the molecule is CC(c1nnc(-c2cccs2)o1)N1CCC(NS(C)(=O)=O)CC1. The largest absolute Gasteiger partial charge is 0.418 e. The topological polar surface area (TPSA) is 88.3 Å². The van der Waals surface area contributed by atoms with Crippen LogP contribution in [0.25, 0.3) is 10.8 Å². The maximum atomic E-state index is 11.3. The van der Waals surface area contributed by atoms with Gasteiger partial charge in [0.25, 0.3) is 5.89 Å². The Bertz CT molecular complexity index is 734. The molecule has 2 aromatic heterocycles. The molecule has 1 fully saturated rings. The zero-order valence-electron chi connectivity index (χ0n) is 13.1. The van der Waals surface area contributed by atoms with Crippen LogP contribution in [0.4, 0.5) is 0 Å². The zero-order chi connectivity index (χ0) is 16.4. The van der Waals surface area contributed by atoms with Crippen LogP contribution in [-0.4, -0.2) is 48.9 Å². The van der Waals surface area contributed by atoms with Crippen LogP contribution < -0.4 is 4.72 Å². The molecule has 1 N–H and O–H groups in total. The van der Waals surface area contributed by atoms with Crippen LogP contribution in [0.15, 0.2) is 21.9 Å². The number of hydrogen-bond donors (Lipinski definition) is 1. The molecule has 3 heterocycles. The first-order valence-electron chi connectivity index (χ1n) is 7.51. The third kappa shape index (κ3) is 4.17. The number of aromatic nitrogens is 2. The van der Waals surface area contributed by atoms with Crippen molar-refractivity contribution in [1.29, 1.82) is 0 Å². The van der Waals surface area contributed by atoms with Crippen molar-refractivity contribution < 1.29 is 12.8 Å². The maximum absolute atomic E-state index is 11.3. The Morgan fingerprint density at radius 1 is 1.39 bits per heavy atom. The lowest BCUT2D eigenvalue weighted by atomic mass is 10.0. The fourth-order valence-corrected chi connectivity index (χ4v) is 4.25. The minimum Gasteiger partial charge on any atom is -0.418 e. The van der Waals surface area contributed by atoms with Gasteiger partial charge in [-0.15, -0.1) is 21.5 Å². The van der Waals surface area contributed by atoms with E-state index in [2.05, 4.69) is 19.8 Å². The van der Waals surface area contributed by atoms with Crippen LogP contribution in [0.5, 0.6) is 0 Å². The van der Waals surface area contributed by atoms with E-state index >= 15 is 0 Å². The Kier molecular flexibility index (Phi) is 4.81. The van der Waals surface area contributed by atoms with E-state index in [0.717, 1.165) is 30.8 Å². The van der Waals surface area contributed by atoms with Crippen LogP contribution in [0, 0.1) is 0 Å². The molecule has 7 nitrogen and oxygen atoms in total. The lowest BCUT2D eigenvalue weighted by Crippen LogP contribution is -2.45. The first-order valence-corrected chi connectivity index (χ1v) is 10.3. The molecule has 23 heavy (non-hydrogen) atoms. The highest BCUT2D eigenvalue weighted by molar-refractivity contribution is 7.88. The van der Waals surface area contributed by atoms with Crippen molar-refractivity contribution in [3.63, 3.8) is 0 Å². The number of thiophene rings is 1. The fourth-order valence-electron chi connectivity index (χ4n) is 2.77. The average Bonchev–Trinajstić information content (AvgIpc) is 3.17. The smallest absolute Gasteiger partial charge is 0.257 e. The average molecular weight is 356 g/mol. The monoisotopic (exact) mass is 356 g/mol. The molecule has 1 aliphatic rings. The molecule has 0 amide bonds. The van der Waals surface area contributed by atoms with Gasteiger partial charge in [-0.05, 0) is 31.2 Å². The van der Waals surface area contributed by atoms with E-state index in [-0.39, 0.29) is 12.1 Å². The van der Waals surface area contributed by atoms with E-state index in [0.29, 0.717) is 11.8 Å². The number of nitrogens with zero attached hydrogens (tertiary/aromatic N) is 3. The quantitative estimate of drug-likeness (QED) is 0.880. The molecule has 1 unspecified atom stereocenters. The van der Waals surface area contributed by atoms with E-state index in [1.54, 1.807) is 11.3 Å².